The molecule has 0 bridgehead atoms. The molecule has 2 aliphatic carbocycles. The Labute approximate surface area is 133 Å². The molecule has 0 aromatic carbocycles. The Hall–Kier alpha value is -2.44. The summed E-state index contributed by atoms with van der Waals surface area (Å²) in [6.07, 6.45) is 6.03. The summed E-state index contributed by atoms with van der Waals surface area (Å²) in [5.74, 6) is 0.869. The van der Waals surface area contributed by atoms with Gasteiger partial charge in [0, 0.05) is 24.7 Å². The van der Waals surface area contributed by atoms with E-state index < -0.39 is 0 Å². The Kier molecular flexibility index (Phi) is 2.57. The van der Waals surface area contributed by atoms with Crippen molar-refractivity contribution < 1.29 is 4.79 Å². The van der Waals surface area contributed by atoms with Crippen LogP contribution in [0, 0.1) is 5.92 Å². The molecule has 2 fully saturated rings. The Morgan fingerprint density at radius 3 is 2.83 bits per heavy atom. The van der Waals surface area contributed by atoms with Crippen LogP contribution in [0.5, 0.6) is 0 Å². The van der Waals surface area contributed by atoms with Gasteiger partial charge in [-0.15, -0.1) is 0 Å². The van der Waals surface area contributed by atoms with Crippen molar-refractivity contribution in [3.8, 4) is 11.3 Å². The smallest absolute Gasteiger partial charge is 0.228 e. The van der Waals surface area contributed by atoms with Gasteiger partial charge in [0.15, 0.2) is 5.82 Å². The van der Waals surface area contributed by atoms with Crippen molar-refractivity contribution in [2.24, 2.45) is 5.92 Å². The third-order valence-corrected chi connectivity index (χ3v) is 4.71. The van der Waals surface area contributed by atoms with E-state index in [1.165, 1.54) is 0 Å². The number of hydrogen-bond acceptors (Lipinski definition) is 5. The second-order valence-corrected chi connectivity index (χ2v) is 6.72. The predicted octanol–water partition coefficient (Wildman–Crippen LogP) is 1.97. The Balaban J connectivity index is 1.58. The number of anilines is 2. The largest absolute Gasteiger partial charge is 0.365 e. The summed E-state index contributed by atoms with van der Waals surface area (Å²) in [5, 5.41) is 12.3. The zero-order valence-electron chi connectivity index (χ0n) is 13.0. The van der Waals surface area contributed by atoms with Crippen LogP contribution >= 0.6 is 0 Å². The molecule has 2 aromatic heterocycles. The normalized spacial score (nSPS) is 19.3. The van der Waals surface area contributed by atoms with Crippen molar-refractivity contribution in [1.29, 1.82) is 0 Å². The van der Waals surface area contributed by atoms with Crippen LogP contribution in [0.25, 0.3) is 11.3 Å². The van der Waals surface area contributed by atoms with Gasteiger partial charge >= 0.3 is 0 Å². The molecule has 0 spiro atoms. The van der Waals surface area contributed by atoms with Gasteiger partial charge in [-0.3, -0.25) is 4.79 Å². The Bertz CT molecular complexity index is 805. The van der Waals surface area contributed by atoms with Crippen LogP contribution in [-0.2, 0) is 11.3 Å². The van der Waals surface area contributed by atoms with Gasteiger partial charge in [0.05, 0.1) is 18.3 Å². The number of hydrogen-bond donors (Lipinski definition) is 1. The molecule has 0 unspecified atom stereocenters. The maximum atomic E-state index is 12.1. The number of fused-ring (bicyclic) bond motifs is 3. The first-order chi connectivity index (χ1) is 11.2. The van der Waals surface area contributed by atoms with Crippen LogP contribution in [0.2, 0.25) is 0 Å². The van der Waals surface area contributed by atoms with Crippen molar-refractivity contribution in [3.63, 3.8) is 0 Å². The number of carbonyl (C=O) groups excluding carboxylic acids is 1. The van der Waals surface area contributed by atoms with Crippen molar-refractivity contribution in [2.75, 3.05) is 17.3 Å². The molecule has 3 aliphatic rings. The molecule has 1 aliphatic heterocycles. The van der Waals surface area contributed by atoms with Crippen molar-refractivity contribution in [1.82, 2.24) is 20.0 Å². The van der Waals surface area contributed by atoms with Crippen LogP contribution in [0.4, 0.5) is 11.5 Å². The first kappa shape index (κ1) is 13.0. The van der Waals surface area contributed by atoms with E-state index in [2.05, 4.69) is 20.3 Å². The van der Waals surface area contributed by atoms with E-state index in [0.717, 1.165) is 48.3 Å². The van der Waals surface area contributed by atoms with Crippen LogP contribution in [0.1, 0.15) is 37.4 Å². The van der Waals surface area contributed by atoms with E-state index in [-0.39, 0.29) is 11.8 Å². The van der Waals surface area contributed by atoms with Gasteiger partial charge in [-0.2, -0.15) is 15.0 Å². The summed E-state index contributed by atoms with van der Waals surface area (Å²) >= 11 is 0. The number of nitrogens with zero attached hydrogens (tertiary/aromatic N) is 5. The molecule has 0 saturated heterocycles. The number of carbonyl (C=O) groups is 1. The first-order valence-corrected chi connectivity index (χ1v) is 8.18. The van der Waals surface area contributed by atoms with Crippen LogP contribution in [-0.4, -0.2) is 32.9 Å². The minimum atomic E-state index is 0.0757. The quantitative estimate of drug-likeness (QED) is 0.938. The third kappa shape index (κ3) is 2.10. The lowest BCUT2D eigenvalue weighted by molar-refractivity contribution is -0.117. The summed E-state index contributed by atoms with van der Waals surface area (Å²) in [7, 11) is 2.01. The van der Waals surface area contributed by atoms with Gasteiger partial charge in [0.1, 0.15) is 11.4 Å². The van der Waals surface area contributed by atoms with Gasteiger partial charge in [-0.1, -0.05) is 0 Å². The van der Waals surface area contributed by atoms with Gasteiger partial charge in [0.25, 0.3) is 0 Å². The first-order valence-electron chi connectivity index (χ1n) is 8.18. The van der Waals surface area contributed by atoms with Crippen molar-refractivity contribution in [3.05, 3.63) is 18.0 Å². The highest BCUT2D eigenvalue weighted by Gasteiger charge is 2.34. The number of amides is 1. The highest BCUT2D eigenvalue weighted by atomic mass is 16.2. The Morgan fingerprint density at radius 2 is 2.09 bits per heavy atom. The van der Waals surface area contributed by atoms with Gasteiger partial charge in [-0.25, -0.2) is 4.98 Å². The molecular formula is C16H18N6O. The van der Waals surface area contributed by atoms with Crippen LogP contribution < -0.4 is 10.2 Å². The predicted molar refractivity (Wildman–Crippen MR) is 85.0 cm³/mol. The summed E-state index contributed by atoms with van der Waals surface area (Å²) in [5.41, 5.74) is 3.87. The molecule has 2 saturated carbocycles. The number of nitrogens with one attached hydrogen (secondary N) is 1. The second-order valence-electron chi connectivity index (χ2n) is 6.72. The molecular weight excluding hydrogens is 292 g/mol. The highest BCUT2D eigenvalue weighted by molar-refractivity contribution is 5.99. The SMILES string of the molecule is CN1Cc2nn(C3CC3)nc2-c2ccnc(NC(=O)C3CC3)c21. The third-order valence-electron chi connectivity index (χ3n) is 4.71. The molecule has 118 valence electrons. The van der Waals surface area contributed by atoms with E-state index in [9.17, 15) is 4.79 Å². The fourth-order valence-electron chi connectivity index (χ4n) is 3.13. The van der Waals surface area contributed by atoms with E-state index in [1.54, 1.807) is 6.20 Å². The average molecular weight is 310 g/mol. The molecule has 23 heavy (non-hydrogen) atoms. The van der Waals surface area contributed by atoms with E-state index in [1.807, 2.05) is 17.9 Å². The lowest BCUT2D eigenvalue weighted by Crippen LogP contribution is -2.25. The molecule has 3 heterocycles. The van der Waals surface area contributed by atoms with E-state index >= 15 is 0 Å². The van der Waals surface area contributed by atoms with Crippen molar-refractivity contribution in [2.45, 2.75) is 38.3 Å². The molecule has 7 heteroatoms. The zero-order chi connectivity index (χ0) is 15.6. The lowest BCUT2D eigenvalue weighted by atomic mass is 10.0. The maximum Gasteiger partial charge on any atom is 0.228 e. The van der Waals surface area contributed by atoms with Gasteiger partial charge < -0.3 is 10.2 Å². The molecule has 0 atom stereocenters. The molecule has 5 rings (SSSR count). The monoisotopic (exact) mass is 310 g/mol. The average Bonchev–Trinajstić information content (AvgIpc) is 3.43. The highest BCUT2D eigenvalue weighted by Crippen LogP contribution is 2.42. The summed E-state index contributed by atoms with van der Waals surface area (Å²) in [6, 6.07) is 2.42. The fraction of sp³-hybridized carbons (Fsp3) is 0.500. The Morgan fingerprint density at radius 1 is 1.26 bits per heavy atom. The topological polar surface area (TPSA) is 75.9 Å². The molecule has 7 nitrogen and oxygen atoms in total. The number of rotatable bonds is 3. The second kappa shape index (κ2) is 4.53. The summed E-state index contributed by atoms with van der Waals surface area (Å²) in [4.78, 5) is 20.5. The zero-order valence-corrected chi connectivity index (χ0v) is 13.0. The van der Waals surface area contributed by atoms with Crippen LogP contribution in [0.15, 0.2) is 12.3 Å². The minimum Gasteiger partial charge on any atom is -0.365 e. The van der Waals surface area contributed by atoms with Gasteiger partial charge in [-0.05, 0) is 31.7 Å². The summed E-state index contributed by atoms with van der Waals surface area (Å²) in [6.45, 7) is 0.688. The standard InChI is InChI=1S/C16H18N6O/c1-21-8-12-13(20-22(19-12)10-4-5-10)11-6-7-17-15(14(11)21)18-16(23)9-2-3-9/h6-7,9-10H,2-5,8H2,1H3,(H,17,18,23). The van der Waals surface area contributed by atoms with Crippen molar-refractivity contribution >= 4 is 17.4 Å². The molecule has 0 radical (unpaired) electrons. The van der Waals surface area contributed by atoms with Gasteiger partial charge in [0.2, 0.25) is 5.91 Å². The van der Waals surface area contributed by atoms with E-state index in [0.29, 0.717) is 18.4 Å². The fourth-order valence-corrected chi connectivity index (χ4v) is 3.13. The maximum absolute atomic E-state index is 12.1. The number of aromatic nitrogens is 4. The lowest BCUT2D eigenvalue weighted by Gasteiger charge is -2.27. The number of pyridine rings is 1. The summed E-state index contributed by atoms with van der Waals surface area (Å²) < 4.78 is 0. The van der Waals surface area contributed by atoms with Crippen LogP contribution in [0.3, 0.4) is 0 Å². The molecule has 2 aromatic rings. The minimum absolute atomic E-state index is 0.0757. The van der Waals surface area contributed by atoms with E-state index in [4.69, 9.17) is 5.10 Å². The molecule has 1 amide bonds. The molecule has 1 N–H and O–H groups in total.